The van der Waals surface area contributed by atoms with Crippen molar-refractivity contribution in [2.75, 3.05) is 25.1 Å². The molecular weight excluding hydrogens is 230 g/mol. The Morgan fingerprint density at radius 2 is 2.38 bits per heavy atom. The quantitative estimate of drug-likeness (QED) is 0.701. The van der Waals surface area contributed by atoms with Crippen molar-refractivity contribution in [3.8, 4) is 5.75 Å². The monoisotopic (exact) mass is 241 g/mol. The average molecular weight is 242 g/mol. The van der Waals surface area contributed by atoms with Crippen molar-refractivity contribution in [3.05, 3.63) is 23.8 Å². The fraction of sp³-hybridized carbons (Fsp3) is 0.400. The minimum atomic E-state index is 0.789. The molecule has 1 aromatic carbocycles. The maximum absolute atomic E-state index is 5.54. The summed E-state index contributed by atoms with van der Waals surface area (Å²) < 4.78 is 5.54. The van der Waals surface area contributed by atoms with Crippen LogP contribution in [0.25, 0.3) is 0 Å². The van der Waals surface area contributed by atoms with Crippen molar-refractivity contribution in [2.24, 2.45) is 0 Å². The van der Waals surface area contributed by atoms with Crippen LogP contribution in [-0.2, 0) is 5.33 Å². The maximum atomic E-state index is 5.54. The summed E-state index contributed by atoms with van der Waals surface area (Å²) in [6.07, 6.45) is 0. The molecule has 0 bridgehead atoms. The number of hydrogen-bond acceptors (Lipinski definition) is 2. The highest BCUT2D eigenvalue weighted by molar-refractivity contribution is 9.08. The van der Waals surface area contributed by atoms with Gasteiger partial charge in [-0.1, -0.05) is 22.0 Å². The van der Waals surface area contributed by atoms with Crippen molar-refractivity contribution in [1.29, 1.82) is 0 Å². The first-order chi connectivity index (χ1) is 6.31. The van der Waals surface area contributed by atoms with E-state index in [9.17, 15) is 0 Å². The molecule has 0 unspecified atom stereocenters. The van der Waals surface area contributed by atoms with Crippen LogP contribution in [0.3, 0.4) is 0 Å². The summed E-state index contributed by atoms with van der Waals surface area (Å²) in [6, 6.07) is 6.30. The third-order valence-electron chi connectivity index (χ3n) is 2.27. The lowest BCUT2D eigenvalue weighted by molar-refractivity contribution is 0.311. The van der Waals surface area contributed by atoms with E-state index in [0.717, 1.165) is 24.2 Å². The Morgan fingerprint density at radius 3 is 3.15 bits per heavy atom. The number of hydrogen-bond donors (Lipinski definition) is 0. The van der Waals surface area contributed by atoms with Crippen LogP contribution in [0.15, 0.2) is 18.2 Å². The molecule has 70 valence electrons. The van der Waals surface area contributed by atoms with E-state index in [1.807, 2.05) is 6.07 Å². The lowest BCUT2D eigenvalue weighted by Crippen LogP contribution is -2.28. The predicted octanol–water partition coefficient (Wildman–Crippen LogP) is 2.41. The standard InChI is InChI=1S/C10H12BrNO/c1-12-4-5-13-10-3-2-8(7-11)6-9(10)12/h2-3,6H,4-5,7H2,1H3. The van der Waals surface area contributed by atoms with Crippen molar-refractivity contribution in [1.82, 2.24) is 0 Å². The molecule has 1 heterocycles. The van der Waals surface area contributed by atoms with E-state index >= 15 is 0 Å². The van der Waals surface area contributed by atoms with Gasteiger partial charge < -0.3 is 9.64 Å². The molecule has 13 heavy (non-hydrogen) atoms. The molecule has 3 heteroatoms. The minimum absolute atomic E-state index is 0.789. The topological polar surface area (TPSA) is 12.5 Å². The molecule has 1 aliphatic heterocycles. The molecule has 1 aromatic rings. The molecule has 0 N–H and O–H groups in total. The number of likely N-dealkylation sites (N-methyl/N-ethyl adjacent to an activating group) is 1. The third kappa shape index (κ3) is 1.66. The number of rotatable bonds is 1. The molecule has 0 fully saturated rings. The van der Waals surface area contributed by atoms with Crippen LogP contribution in [0, 0.1) is 0 Å². The number of alkyl halides is 1. The predicted molar refractivity (Wildman–Crippen MR) is 57.8 cm³/mol. The zero-order chi connectivity index (χ0) is 9.26. The first kappa shape index (κ1) is 8.88. The van der Waals surface area contributed by atoms with E-state index < -0.39 is 0 Å². The Balaban J connectivity index is 2.41. The summed E-state index contributed by atoms with van der Waals surface area (Å²) >= 11 is 3.45. The van der Waals surface area contributed by atoms with E-state index in [4.69, 9.17) is 4.74 Å². The normalized spacial score (nSPS) is 15.1. The third-order valence-corrected chi connectivity index (χ3v) is 2.92. The van der Waals surface area contributed by atoms with Gasteiger partial charge in [0.15, 0.2) is 0 Å². The summed E-state index contributed by atoms with van der Waals surface area (Å²) in [5, 5.41) is 0.897. The van der Waals surface area contributed by atoms with Gasteiger partial charge in [-0.05, 0) is 17.7 Å². The first-order valence-corrected chi connectivity index (χ1v) is 5.46. The van der Waals surface area contributed by atoms with Crippen molar-refractivity contribution >= 4 is 21.6 Å². The first-order valence-electron chi connectivity index (χ1n) is 4.34. The summed E-state index contributed by atoms with van der Waals surface area (Å²) in [4.78, 5) is 2.23. The highest BCUT2D eigenvalue weighted by Crippen LogP contribution is 2.31. The van der Waals surface area contributed by atoms with E-state index in [1.54, 1.807) is 0 Å². The fourth-order valence-corrected chi connectivity index (χ4v) is 1.83. The van der Waals surface area contributed by atoms with Crippen LogP contribution in [0.1, 0.15) is 5.56 Å². The zero-order valence-corrected chi connectivity index (χ0v) is 9.17. The number of ether oxygens (including phenoxy) is 1. The fourth-order valence-electron chi connectivity index (χ4n) is 1.48. The Bertz CT molecular complexity index is 314. The van der Waals surface area contributed by atoms with E-state index in [1.165, 1.54) is 11.3 Å². The lowest BCUT2D eigenvalue weighted by atomic mass is 10.2. The van der Waals surface area contributed by atoms with Crippen LogP contribution in [-0.4, -0.2) is 20.2 Å². The van der Waals surface area contributed by atoms with Gasteiger partial charge in [-0.3, -0.25) is 0 Å². The molecule has 0 aromatic heterocycles. The SMILES string of the molecule is CN1CCOc2ccc(CBr)cc21. The molecule has 0 atom stereocenters. The Hall–Kier alpha value is -0.700. The number of fused-ring (bicyclic) bond motifs is 1. The summed E-state index contributed by atoms with van der Waals surface area (Å²) in [5.41, 5.74) is 2.49. The van der Waals surface area contributed by atoms with Crippen LogP contribution in [0.4, 0.5) is 5.69 Å². The highest BCUT2D eigenvalue weighted by atomic mass is 79.9. The largest absolute Gasteiger partial charge is 0.490 e. The highest BCUT2D eigenvalue weighted by Gasteiger charge is 2.14. The molecule has 1 aliphatic rings. The summed E-state index contributed by atoms with van der Waals surface area (Å²) in [6.45, 7) is 1.76. The number of halogens is 1. The van der Waals surface area contributed by atoms with E-state index in [0.29, 0.717) is 0 Å². The lowest BCUT2D eigenvalue weighted by Gasteiger charge is -2.27. The van der Waals surface area contributed by atoms with Gasteiger partial charge in [0.2, 0.25) is 0 Å². The second-order valence-corrected chi connectivity index (χ2v) is 3.77. The average Bonchev–Trinajstić information content (AvgIpc) is 2.18. The van der Waals surface area contributed by atoms with Gasteiger partial charge in [0.1, 0.15) is 12.4 Å². The molecular formula is C10H12BrNO. The van der Waals surface area contributed by atoms with Crippen LogP contribution in [0.2, 0.25) is 0 Å². The summed E-state index contributed by atoms with van der Waals surface area (Å²) in [7, 11) is 2.10. The second kappa shape index (κ2) is 3.58. The van der Waals surface area contributed by atoms with Crippen LogP contribution < -0.4 is 9.64 Å². The van der Waals surface area contributed by atoms with Gasteiger partial charge in [0.25, 0.3) is 0 Å². The smallest absolute Gasteiger partial charge is 0.142 e. The van der Waals surface area contributed by atoms with Crippen LogP contribution >= 0.6 is 15.9 Å². The molecule has 0 aliphatic carbocycles. The minimum Gasteiger partial charge on any atom is -0.490 e. The van der Waals surface area contributed by atoms with Gasteiger partial charge in [-0.25, -0.2) is 0 Å². The zero-order valence-electron chi connectivity index (χ0n) is 7.59. The van der Waals surface area contributed by atoms with Gasteiger partial charge >= 0.3 is 0 Å². The van der Waals surface area contributed by atoms with Gasteiger partial charge in [0, 0.05) is 12.4 Å². The molecule has 2 nitrogen and oxygen atoms in total. The van der Waals surface area contributed by atoms with E-state index in [-0.39, 0.29) is 0 Å². The van der Waals surface area contributed by atoms with Crippen LogP contribution in [0.5, 0.6) is 5.75 Å². The Labute approximate surface area is 86.6 Å². The Kier molecular flexibility index (Phi) is 2.44. The Morgan fingerprint density at radius 1 is 1.54 bits per heavy atom. The van der Waals surface area contributed by atoms with E-state index in [2.05, 4.69) is 40.0 Å². The number of nitrogens with zero attached hydrogens (tertiary/aromatic N) is 1. The van der Waals surface area contributed by atoms with Crippen molar-refractivity contribution in [3.63, 3.8) is 0 Å². The van der Waals surface area contributed by atoms with Gasteiger partial charge in [-0.2, -0.15) is 0 Å². The molecule has 0 spiro atoms. The maximum Gasteiger partial charge on any atom is 0.142 e. The van der Waals surface area contributed by atoms with Crippen molar-refractivity contribution < 1.29 is 4.74 Å². The second-order valence-electron chi connectivity index (χ2n) is 3.21. The number of benzene rings is 1. The molecule has 0 saturated heterocycles. The molecule has 0 saturated carbocycles. The van der Waals surface area contributed by atoms with Crippen molar-refractivity contribution in [2.45, 2.75) is 5.33 Å². The van der Waals surface area contributed by atoms with Gasteiger partial charge in [-0.15, -0.1) is 0 Å². The molecule has 2 rings (SSSR count). The molecule has 0 radical (unpaired) electrons. The van der Waals surface area contributed by atoms with Gasteiger partial charge in [0.05, 0.1) is 12.2 Å². The summed E-state index contributed by atoms with van der Waals surface area (Å²) in [5.74, 6) is 0.999. The number of anilines is 1. The molecule has 0 amide bonds.